The molecule has 0 saturated carbocycles. The Kier molecular flexibility index (Phi) is 9.49. The van der Waals surface area contributed by atoms with Gasteiger partial charge in [-0.15, -0.1) is 0 Å². The van der Waals surface area contributed by atoms with Crippen molar-refractivity contribution in [3.05, 3.63) is 35.9 Å². The Hall–Kier alpha value is -3.10. The molecule has 0 radical (unpaired) electrons. The highest BCUT2D eigenvalue weighted by atomic mass is 16.5. The van der Waals surface area contributed by atoms with Gasteiger partial charge in [0.1, 0.15) is 25.2 Å². The van der Waals surface area contributed by atoms with E-state index >= 15 is 0 Å². The first-order chi connectivity index (χ1) is 13.2. The van der Waals surface area contributed by atoms with E-state index in [1.807, 2.05) is 32.0 Å². The first-order valence-electron chi connectivity index (χ1n) is 8.96. The molecule has 2 atom stereocenters. The number of carboxylic acids is 1. The molecule has 1 rings (SSSR count). The number of alkyl carbamates (subject to hydrolysis) is 1. The third kappa shape index (κ3) is 9.02. The van der Waals surface area contributed by atoms with E-state index in [9.17, 15) is 19.2 Å². The average molecular weight is 393 g/mol. The molecule has 28 heavy (non-hydrogen) atoms. The van der Waals surface area contributed by atoms with E-state index in [0.29, 0.717) is 6.42 Å². The van der Waals surface area contributed by atoms with Gasteiger partial charge in [0.2, 0.25) is 11.8 Å². The smallest absolute Gasteiger partial charge is 0.407 e. The number of hydrogen-bond acceptors (Lipinski definition) is 5. The van der Waals surface area contributed by atoms with Gasteiger partial charge in [0.05, 0.1) is 0 Å². The second-order valence-corrected chi connectivity index (χ2v) is 6.73. The summed E-state index contributed by atoms with van der Waals surface area (Å²) in [6.07, 6.45) is -0.439. The molecule has 0 saturated heterocycles. The van der Waals surface area contributed by atoms with Crippen LogP contribution in [0.2, 0.25) is 0 Å². The third-order valence-corrected chi connectivity index (χ3v) is 3.69. The standard InChI is InChI=1S/C19H27N3O6/c1-12(2)9-15(17(24)21-13(3)18(25)26)22-16(23)10-20-19(27)28-11-14-7-5-4-6-8-14/h4-8,12-13,15H,9-11H2,1-3H3,(H,20,27)(H,21,24)(H,22,23)(H,25,26)/t13-,15-/m0/s1. The fourth-order valence-electron chi connectivity index (χ4n) is 2.25. The van der Waals surface area contributed by atoms with E-state index in [-0.39, 0.29) is 19.1 Å². The van der Waals surface area contributed by atoms with Gasteiger partial charge in [0.15, 0.2) is 0 Å². The average Bonchev–Trinajstić information content (AvgIpc) is 2.64. The summed E-state index contributed by atoms with van der Waals surface area (Å²) < 4.78 is 5.00. The van der Waals surface area contributed by atoms with Crippen LogP contribution in [0.15, 0.2) is 30.3 Å². The Morgan fingerprint density at radius 2 is 1.68 bits per heavy atom. The van der Waals surface area contributed by atoms with E-state index in [1.165, 1.54) is 6.92 Å². The van der Waals surface area contributed by atoms with Crippen molar-refractivity contribution in [3.8, 4) is 0 Å². The maximum absolute atomic E-state index is 12.2. The number of hydrogen-bond donors (Lipinski definition) is 4. The second kappa shape index (κ2) is 11.6. The van der Waals surface area contributed by atoms with Crippen molar-refractivity contribution in [2.75, 3.05) is 6.54 Å². The lowest BCUT2D eigenvalue weighted by atomic mass is 10.0. The zero-order valence-electron chi connectivity index (χ0n) is 16.2. The number of rotatable bonds is 10. The van der Waals surface area contributed by atoms with Crippen molar-refractivity contribution in [2.24, 2.45) is 5.92 Å². The summed E-state index contributed by atoms with van der Waals surface area (Å²) in [6.45, 7) is 4.76. The number of carboxylic acid groups (broad SMARTS) is 1. The number of nitrogens with one attached hydrogen (secondary N) is 3. The summed E-state index contributed by atoms with van der Waals surface area (Å²) in [6, 6.07) is 7.08. The molecule has 154 valence electrons. The minimum absolute atomic E-state index is 0.0692. The van der Waals surface area contributed by atoms with Gasteiger partial charge >= 0.3 is 12.1 Å². The fraction of sp³-hybridized carbons (Fsp3) is 0.474. The van der Waals surface area contributed by atoms with Gasteiger partial charge in [-0.3, -0.25) is 14.4 Å². The fourth-order valence-corrected chi connectivity index (χ4v) is 2.25. The van der Waals surface area contributed by atoms with Crippen LogP contribution in [-0.4, -0.2) is 47.6 Å². The van der Waals surface area contributed by atoms with Gasteiger partial charge in [-0.25, -0.2) is 4.79 Å². The predicted molar refractivity (Wildman–Crippen MR) is 101 cm³/mol. The lowest BCUT2D eigenvalue weighted by Crippen LogP contribution is -2.52. The molecule has 0 aliphatic heterocycles. The van der Waals surface area contributed by atoms with Gasteiger partial charge in [-0.2, -0.15) is 0 Å². The highest BCUT2D eigenvalue weighted by Gasteiger charge is 2.25. The molecule has 0 aliphatic carbocycles. The molecule has 3 amide bonds. The van der Waals surface area contributed by atoms with Crippen molar-refractivity contribution in [2.45, 2.75) is 45.9 Å². The Balaban J connectivity index is 2.47. The largest absolute Gasteiger partial charge is 0.480 e. The zero-order chi connectivity index (χ0) is 21.1. The normalized spacial score (nSPS) is 12.6. The van der Waals surface area contributed by atoms with Crippen LogP contribution in [0.3, 0.4) is 0 Å². The van der Waals surface area contributed by atoms with Gasteiger partial charge in [0.25, 0.3) is 0 Å². The molecule has 0 bridgehead atoms. The van der Waals surface area contributed by atoms with E-state index in [0.717, 1.165) is 5.56 Å². The molecule has 0 fully saturated rings. The van der Waals surface area contributed by atoms with Crippen molar-refractivity contribution in [1.29, 1.82) is 0 Å². The molecular weight excluding hydrogens is 366 g/mol. The van der Waals surface area contributed by atoms with Crippen LogP contribution in [0.1, 0.15) is 32.8 Å². The highest BCUT2D eigenvalue weighted by Crippen LogP contribution is 2.05. The summed E-state index contributed by atoms with van der Waals surface area (Å²) in [5.41, 5.74) is 0.809. The lowest BCUT2D eigenvalue weighted by molar-refractivity contribution is -0.141. The van der Waals surface area contributed by atoms with Crippen LogP contribution in [0.4, 0.5) is 4.79 Å². The van der Waals surface area contributed by atoms with Crippen LogP contribution in [-0.2, 0) is 25.7 Å². The Labute approximate surface area is 163 Å². The first-order valence-corrected chi connectivity index (χ1v) is 8.96. The highest BCUT2D eigenvalue weighted by molar-refractivity contribution is 5.91. The second-order valence-electron chi connectivity index (χ2n) is 6.73. The monoisotopic (exact) mass is 393 g/mol. The number of carbonyl (C=O) groups is 4. The zero-order valence-corrected chi connectivity index (χ0v) is 16.2. The molecular formula is C19H27N3O6. The van der Waals surface area contributed by atoms with Crippen LogP contribution < -0.4 is 16.0 Å². The maximum atomic E-state index is 12.2. The van der Waals surface area contributed by atoms with Crippen molar-refractivity contribution < 1.29 is 29.0 Å². The van der Waals surface area contributed by atoms with Gasteiger partial charge in [-0.1, -0.05) is 44.2 Å². The van der Waals surface area contributed by atoms with Crippen LogP contribution in [0.25, 0.3) is 0 Å². The van der Waals surface area contributed by atoms with Crippen molar-refractivity contribution >= 4 is 23.9 Å². The Morgan fingerprint density at radius 3 is 2.25 bits per heavy atom. The molecule has 1 aromatic rings. The molecule has 0 unspecified atom stereocenters. The van der Waals surface area contributed by atoms with Crippen LogP contribution in [0.5, 0.6) is 0 Å². The first kappa shape index (κ1) is 22.9. The molecule has 1 aromatic carbocycles. The third-order valence-electron chi connectivity index (χ3n) is 3.69. The molecule has 0 aromatic heterocycles. The number of aliphatic carboxylic acids is 1. The molecule has 9 heteroatoms. The number of carbonyl (C=O) groups excluding carboxylic acids is 3. The molecule has 0 heterocycles. The number of benzene rings is 1. The lowest BCUT2D eigenvalue weighted by Gasteiger charge is -2.21. The molecule has 0 aliphatic rings. The molecule has 4 N–H and O–H groups in total. The number of ether oxygens (including phenoxy) is 1. The minimum atomic E-state index is -1.18. The predicted octanol–water partition coefficient (Wildman–Crippen LogP) is 1.03. The van der Waals surface area contributed by atoms with Gasteiger partial charge in [-0.05, 0) is 24.8 Å². The summed E-state index contributed by atoms with van der Waals surface area (Å²) in [5.74, 6) is -2.27. The summed E-state index contributed by atoms with van der Waals surface area (Å²) in [4.78, 5) is 46.8. The van der Waals surface area contributed by atoms with E-state index in [2.05, 4.69) is 16.0 Å². The van der Waals surface area contributed by atoms with Gasteiger partial charge < -0.3 is 25.8 Å². The van der Waals surface area contributed by atoms with E-state index in [1.54, 1.807) is 12.1 Å². The summed E-state index contributed by atoms with van der Waals surface area (Å²) in [5, 5.41) is 16.0. The SMILES string of the molecule is CC(C)C[C@H](NC(=O)CNC(=O)OCc1ccccc1)C(=O)N[C@@H](C)C(=O)O. The number of amides is 3. The van der Waals surface area contributed by atoms with E-state index in [4.69, 9.17) is 9.84 Å². The summed E-state index contributed by atoms with van der Waals surface area (Å²) in [7, 11) is 0. The molecule has 0 spiro atoms. The summed E-state index contributed by atoms with van der Waals surface area (Å²) >= 11 is 0. The Bertz CT molecular complexity index is 678. The van der Waals surface area contributed by atoms with Crippen molar-refractivity contribution in [1.82, 2.24) is 16.0 Å². The topological polar surface area (TPSA) is 134 Å². The Morgan fingerprint density at radius 1 is 1.04 bits per heavy atom. The maximum Gasteiger partial charge on any atom is 0.407 e. The molecule has 9 nitrogen and oxygen atoms in total. The van der Waals surface area contributed by atoms with Crippen LogP contribution >= 0.6 is 0 Å². The van der Waals surface area contributed by atoms with E-state index < -0.39 is 36.0 Å². The van der Waals surface area contributed by atoms with Crippen LogP contribution in [0, 0.1) is 5.92 Å². The van der Waals surface area contributed by atoms with Gasteiger partial charge in [0, 0.05) is 0 Å². The quantitative estimate of drug-likeness (QED) is 0.469. The van der Waals surface area contributed by atoms with Crippen molar-refractivity contribution in [3.63, 3.8) is 0 Å². The minimum Gasteiger partial charge on any atom is -0.480 e.